The Morgan fingerprint density at radius 3 is 2.32 bits per heavy atom. The minimum atomic E-state index is -0.132. The molecule has 154 valence electrons. The van der Waals surface area contributed by atoms with Crippen LogP contribution in [0.1, 0.15) is 28.8 Å². The lowest BCUT2D eigenvalue weighted by atomic mass is 10.0. The van der Waals surface area contributed by atoms with Gasteiger partial charge in [0.25, 0.3) is 0 Å². The highest BCUT2D eigenvalue weighted by Gasteiger charge is 2.11. The number of hydrogen-bond acceptors (Lipinski definition) is 5. The van der Waals surface area contributed by atoms with Crippen molar-refractivity contribution in [3.05, 3.63) is 96.1 Å². The number of aryl methyl sites for hydroxylation is 1. The summed E-state index contributed by atoms with van der Waals surface area (Å²) >= 11 is 0. The number of carbonyl (C=O) groups excluding carboxylic acids is 2. The van der Waals surface area contributed by atoms with Crippen molar-refractivity contribution in [2.45, 2.75) is 19.4 Å². The third-order valence-corrected chi connectivity index (χ3v) is 4.69. The standard InChI is InChI=1S/C24H21N5O2/c30-22(15-8-16-29-27-24(26-28-29)19-11-5-2-6-12-19)25-21-14-7-13-20(17-21)23(31)18-9-3-1-4-10-18/h1-7,9-14,17H,8,15-16H2,(H,25,30). The van der Waals surface area contributed by atoms with Crippen molar-refractivity contribution in [3.8, 4) is 11.4 Å². The third kappa shape index (κ3) is 5.27. The fraction of sp³-hybridized carbons (Fsp3) is 0.125. The molecular formula is C24H21N5O2. The lowest BCUT2D eigenvalue weighted by molar-refractivity contribution is -0.116. The second kappa shape index (κ2) is 9.58. The van der Waals surface area contributed by atoms with Crippen molar-refractivity contribution < 1.29 is 9.59 Å². The summed E-state index contributed by atoms with van der Waals surface area (Å²) in [6, 6.07) is 25.6. The largest absolute Gasteiger partial charge is 0.326 e. The number of amides is 1. The van der Waals surface area contributed by atoms with E-state index in [2.05, 4.69) is 20.7 Å². The minimum Gasteiger partial charge on any atom is -0.326 e. The molecule has 31 heavy (non-hydrogen) atoms. The number of anilines is 1. The van der Waals surface area contributed by atoms with Crippen LogP contribution in [-0.2, 0) is 11.3 Å². The van der Waals surface area contributed by atoms with Crippen LogP contribution in [0.3, 0.4) is 0 Å². The number of rotatable bonds is 8. The molecule has 3 aromatic carbocycles. The van der Waals surface area contributed by atoms with E-state index in [0.29, 0.717) is 42.0 Å². The van der Waals surface area contributed by atoms with Gasteiger partial charge in [0, 0.05) is 28.8 Å². The second-order valence-electron chi connectivity index (χ2n) is 7.00. The van der Waals surface area contributed by atoms with E-state index in [9.17, 15) is 9.59 Å². The number of nitrogens with one attached hydrogen (secondary N) is 1. The van der Waals surface area contributed by atoms with E-state index in [1.807, 2.05) is 48.5 Å². The normalized spacial score (nSPS) is 10.6. The summed E-state index contributed by atoms with van der Waals surface area (Å²) in [7, 11) is 0. The molecule has 4 rings (SSSR count). The van der Waals surface area contributed by atoms with Gasteiger partial charge in [0.2, 0.25) is 11.7 Å². The molecule has 1 amide bonds. The Hall–Kier alpha value is -4.13. The summed E-state index contributed by atoms with van der Waals surface area (Å²) in [5.41, 5.74) is 2.64. The molecule has 0 bridgehead atoms. The number of carbonyl (C=O) groups is 2. The topological polar surface area (TPSA) is 89.8 Å². The number of aromatic nitrogens is 4. The summed E-state index contributed by atoms with van der Waals surface area (Å²) in [6.07, 6.45) is 0.873. The number of nitrogens with zero attached hydrogens (tertiary/aromatic N) is 4. The molecule has 0 saturated carbocycles. The van der Waals surface area contributed by atoms with Crippen molar-refractivity contribution in [3.63, 3.8) is 0 Å². The molecule has 0 saturated heterocycles. The summed E-state index contributed by atoms with van der Waals surface area (Å²) in [4.78, 5) is 26.4. The SMILES string of the molecule is O=C(CCCn1nnc(-c2ccccc2)n1)Nc1cccc(C(=O)c2ccccc2)c1. The van der Waals surface area contributed by atoms with Gasteiger partial charge in [0.15, 0.2) is 5.78 Å². The molecule has 1 N–H and O–H groups in total. The van der Waals surface area contributed by atoms with Crippen LogP contribution in [0.15, 0.2) is 84.9 Å². The summed E-state index contributed by atoms with van der Waals surface area (Å²) in [5, 5.41) is 15.3. The fourth-order valence-corrected chi connectivity index (χ4v) is 3.14. The number of tetrazole rings is 1. The minimum absolute atomic E-state index is 0.0804. The zero-order chi connectivity index (χ0) is 21.5. The van der Waals surface area contributed by atoms with Crippen molar-refractivity contribution in [1.82, 2.24) is 20.2 Å². The van der Waals surface area contributed by atoms with Gasteiger partial charge >= 0.3 is 0 Å². The molecule has 0 atom stereocenters. The lowest BCUT2D eigenvalue weighted by Crippen LogP contribution is -2.13. The van der Waals surface area contributed by atoms with E-state index >= 15 is 0 Å². The van der Waals surface area contributed by atoms with Gasteiger partial charge in [-0.1, -0.05) is 72.8 Å². The van der Waals surface area contributed by atoms with Crippen LogP contribution in [0.2, 0.25) is 0 Å². The van der Waals surface area contributed by atoms with Crippen molar-refractivity contribution in [2.75, 3.05) is 5.32 Å². The smallest absolute Gasteiger partial charge is 0.224 e. The van der Waals surface area contributed by atoms with E-state index in [1.165, 1.54) is 4.80 Å². The van der Waals surface area contributed by atoms with Crippen molar-refractivity contribution in [2.24, 2.45) is 0 Å². The molecule has 0 radical (unpaired) electrons. The highest BCUT2D eigenvalue weighted by molar-refractivity contribution is 6.09. The van der Waals surface area contributed by atoms with Crippen LogP contribution in [0.4, 0.5) is 5.69 Å². The zero-order valence-electron chi connectivity index (χ0n) is 16.8. The second-order valence-corrected chi connectivity index (χ2v) is 7.00. The molecule has 1 aromatic heterocycles. The van der Waals surface area contributed by atoms with E-state index in [0.717, 1.165) is 5.56 Å². The van der Waals surface area contributed by atoms with E-state index in [1.54, 1.807) is 36.4 Å². The summed E-state index contributed by atoms with van der Waals surface area (Å²) in [6.45, 7) is 0.486. The average Bonchev–Trinajstić information content (AvgIpc) is 3.29. The monoisotopic (exact) mass is 411 g/mol. The first-order valence-electron chi connectivity index (χ1n) is 10.0. The van der Waals surface area contributed by atoms with Crippen LogP contribution < -0.4 is 5.32 Å². The first kappa shape index (κ1) is 20.2. The Bertz CT molecular complexity index is 1170. The maximum Gasteiger partial charge on any atom is 0.224 e. The molecule has 0 aliphatic heterocycles. The highest BCUT2D eigenvalue weighted by Crippen LogP contribution is 2.16. The van der Waals surface area contributed by atoms with Gasteiger partial charge in [-0.3, -0.25) is 9.59 Å². The molecule has 4 aromatic rings. The van der Waals surface area contributed by atoms with E-state index in [-0.39, 0.29) is 11.7 Å². The lowest BCUT2D eigenvalue weighted by Gasteiger charge is -2.07. The van der Waals surface area contributed by atoms with Crippen LogP contribution in [0.25, 0.3) is 11.4 Å². The number of hydrogen-bond donors (Lipinski definition) is 1. The molecule has 0 unspecified atom stereocenters. The zero-order valence-corrected chi connectivity index (χ0v) is 16.8. The van der Waals surface area contributed by atoms with Gasteiger partial charge < -0.3 is 5.32 Å². The highest BCUT2D eigenvalue weighted by atomic mass is 16.1. The van der Waals surface area contributed by atoms with Crippen LogP contribution in [0.5, 0.6) is 0 Å². The summed E-state index contributed by atoms with van der Waals surface area (Å²) in [5.74, 6) is 0.348. The first-order valence-corrected chi connectivity index (χ1v) is 10.0. The first-order chi connectivity index (χ1) is 15.2. The number of ketones is 1. The van der Waals surface area contributed by atoms with Gasteiger partial charge in [0.05, 0.1) is 6.54 Å². The maximum absolute atomic E-state index is 12.6. The number of benzene rings is 3. The quantitative estimate of drug-likeness (QED) is 0.443. The van der Waals surface area contributed by atoms with Crippen molar-refractivity contribution >= 4 is 17.4 Å². The predicted octanol–water partition coefficient (Wildman–Crippen LogP) is 3.99. The molecular weight excluding hydrogens is 390 g/mol. The van der Waals surface area contributed by atoms with Crippen LogP contribution >= 0.6 is 0 Å². The fourth-order valence-electron chi connectivity index (χ4n) is 3.14. The Morgan fingerprint density at radius 2 is 1.55 bits per heavy atom. The third-order valence-electron chi connectivity index (χ3n) is 4.69. The van der Waals surface area contributed by atoms with Gasteiger partial charge in [0.1, 0.15) is 0 Å². The molecule has 7 heteroatoms. The van der Waals surface area contributed by atoms with Crippen LogP contribution in [0, 0.1) is 0 Å². The Morgan fingerprint density at radius 1 is 0.839 bits per heavy atom. The van der Waals surface area contributed by atoms with E-state index < -0.39 is 0 Å². The molecule has 0 aliphatic rings. The predicted molar refractivity (Wildman–Crippen MR) is 117 cm³/mol. The molecule has 0 aliphatic carbocycles. The van der Waals surface area contributed by atoms with Gasteiger partial charge in [-0.15, -0.1) is 10.2 Å². The van der Waals surface area contributed by atoms with Gasteiger partial charge in [-0.25, -0.2) is 0 Å². The molecule has 7 nitrogen and oxygen atoms in total. The molecule has 1 heterocycles. The Kier molecular flexibility index (Phi) is 6.23. The van der Waals surface area contributed by atoms with Crippen molar-refractivity contribution in [1.29, 1.82) is 0 Å². The van der Waals surface area contributed by atoms with E-state index in [4.69, 9.17) is 0 Å². The maximum atomic E-state index is 12.6. The Labute approximate surface area is 179 Å². The average molecular weight is 411 g/mol. The van der Waals surface area contributed by atoms with Gasteiger partial charge in [-0.05, 0) is 23.8 Å². The Balaban J connectivity index is 1.30. The van der Waals surface area contributed by atoms with Gasteiger partial charge in [-0.2, -0.15) is 4.80 Å². The van der Waals surface area contributed by atoms with Crippen LogP contribution in [-0.4, -0.2) is 31.9 Å². The molecule has 0 spiro atoms. The summed E-state index contributed by atoms with van der Waals surface area (Å²) < 4.78 is 0. The molecule has 0 fully saturated rings.